The highest BCUT2D eigenvalue weighted by molar-refractivity contribution is 7.98. The first-order chi connectivity index (χ1) is 8.85. The van der Waals surface area contributed by atoms with E-state index in [0.717, 1.165) is 10.6 Å². The summed E-state index contributed by atoms with van der Waals surface area (Å²) in [6.45, 7) is 0. The summed E-state index contributed by atoms with van der Waals surface area (Å²) >= 11 is 1.58. The molecule has 0 saturated carbocycles. The molecule has 2 rings (SSSR count). The van der Waals surface area contributed by atoms with Gasteiger partial charge in [-0.1, -0.05) is 36.4 Å². The second kappa shape index (κ2) is 5.91. The standard InChI is InChI=1S/C15H10N2S/c16-9-13-7-4-8-15(14(13)10-17)18-11-12-5-2-1-3-6-12/h1-8H,11H2. The lowest BCUT2D eigenvalue weighted by atomic mass is 10.1. The number of nitrogens with zero attached hydrogens (tertiary/aromatic N) is 2. The molecule has 0 saturated heterocycles. The van der Waals surface area contributed by atoms with Crippen LogP contribution in [-0.2, 0) is 5.75 Å². The molecule has 86 valence electrons. The minimum atomic E-state index is 0.440. The van der Waals surface area contributed by atoms with E-state index in [1.807, 2.05) is 48.5 Å². The first-order valence-corrected chi connectivity index (χ1v) is 6.43. The van der Waals surface area contributed by atoms with E-state index >= 15 is 0 Å². The number of hydrogen-bond donors (Lipinski definition) is 0. The fourth-order valence-electron chi connectivity index (χ4n) is 1.60. The third-order valence-corrected chi connectivity index (χ3v) is 3.62. The van der Waals surface area contributed by atoms with Crippen LogP contribution in [0.15, 0.2) is 53.4 Å². The predicted octanol–water partition coefficient (Wildman–Crippen LogP) is 3.72. The minimum absolute atomic E-state index is 0.440. The highest BCUT2D eigenvalue weighted by atomic mass is 32.2. The van der Waals surface area contributed by atoms with Crippen LogP contribution in [0.4, 0.5) is 0 Å². The quantitative estimate of drug-likeness (QED) is 0.780. The summed E-state index contributed by atoms with van der Waals surface area (Å²) in [6, 6.07) is 19.6. The molecular formula is C15H10N2S. The number of hydrogen-bond acceptors (Lipinski definition) is 3. The van der Waals surface area contributed by atoms with Crippen LogP contribution in [0.1, 0.15) is 16.7 Å². The van der Waals surface area contributed by atoms with Crippen LogP contribution in [0, 0.1) is 22.7 Å². The Morgan fingerprint density at radius 3 is 2.33 bits per heavy atom. The second-order valence-electron chi connectivity index (χ2n) is 3.68. The lowest BCUT2D eigenvalue weighted by Crippen LogP contribution is -1.88. The highest BCUT2D eigenvalue weighted by Gasteiger charge is 2.07. The predicted molar refractivity (Wildman–Crippen MR) is 71.9 cm³/mol. The molecule has 18 heavy (non-hydrogen) atoms. The van der Waals surface area contributed by atoms with Crippen LogP contribution >= 0.6 is 11.8 Å². The molecule has 0 aliphatic rings. The molecule has 0 amide bonds. The van der Waals surface area contributed by atoms with Crippen LogP contribution in [0.25, 0.3) is 0 Å². The highest BCUT2D eigenvalue weighted by Crippen LogP contribution is 2.27. The Morgan fingerprint density at radius 2 is 1.67 bits per heavy atom. The molecule has 0 N–H and O–H groups in total. The van der Waals surface area contributed by atoms with Gasteiger partial charge in [-0.2, -0.15) is 10.5 Å². The summed E-state index contributed by atoms with van der Waals surface area (Å²) in [5.41, 5.74) is 2.12. The van der Waals surface area contributed by atoms with Crippen molar-refractivity contribution in [3.63, 3.8) is 0 Å². The Labute approximate surface area is 110 Å². The topological polar surface area (TPSA) is 47.6 Å². The van der Waals surface area contributed by atoms with Crippen molar-refractivity contribution >= 4 is 11.8 Å². The number of rotatable bonds is 3. The van der Waals surface area contributed by atoms with E-state index in [4.69, 9.17) is 10.5 Å². The van der Waals surface area contributed by atoms with E-state index in [-0.39, 0.29) is 0 Å². The third-order valence-electron chi connectivity index (χ3n) is 2.50. The average molecular weight is 250 g/mol. The number of nitriles is 2. The normalized spacial score (nSPS) is 9.44. The lowest BCUT2D eigenvalue weighted by molar-refractivity contribution is 1.31. The van der Waals surface area contributed by atoms with Crippen LogP contribution in [0.2, 0.25) is 0 Å². The summed E-state index contributed by atoms with van der Waals surface area (Å²) in [5, 5.41) is 18.1. The van der Waals surface area contributed by atoms with Gasteiger partial charge in [0.15, 0.2) is 0 Å². The zero-order valence-electron chi connectivity index (χ0n) is 9.63. The van der Waals surface area contributed by atoms with E-state index in [1.54, 1.807) is 17.8 Å². The molecule has 0 radical (unpaired) electrons. The Morgan fingerprint density at radius 1 is 0.889 bits per heavy atom. The molecule has 0 fully saturated rings. The van der Waals surface area contributed by atoms with Gasteiger partial charge in [0.05, 0.1) is 11.1 Å². The van der Waals surface area contributed by atoms with Gasteiger partial charge in [0.1, 0.15) is 12.1 Å². The van der Waals surface area contributed by atoms with Gasteiger partial charge in [0, 0.05) is 10.6 Å². The van der Waals surface area contributed by atoms with E-state index in [1.165, 1.54) is 5.56 Å². The van der Waals surface area contributed by atoms with Gasteiger partial charge in [-0.05, 0) is 17.7 Å². The van der Waals surface area contributed by atoms with Gasteiger partial charge in [-0.25, -0.2) is 0 Å². The zero-order valence-corrected chi connectivity index (χ0v) is 10.4. The molecule has 0 heterocycles. The van der Waals surface area contributed by atoms with Gasteiger partial charge in [-0.15, -0.1) is 11.8 Å². The van der Waals surface area contributed by atoms with Crippen molar-refractivity contribution in [2.75, 3.05) is 0 Å². The summed E-state index contributed by atoms with van der Waals surface area (Å²) in [6.07, 6.45) is 0. The molecule has 2 nitrogen and oxygen atoms in total. The fourth-order valence-corrected chi connectivity index (χ4v) is 2.58. The molecular weight excluding hydrogens is 240 g/mol. The van der Waals surface area contributed by atoms with Gasteiger partial charge >= 0.3 is 0 Å². The van der Waals surface area contributed by atoms with Crippen LogP contribution in [-0.4, -0.2) is 0 Å². The summed E-state index contributed by atoms with van der Waals surface area (Å²) < 4.78 is 0. The number of benzene rings is 2. The van der Waals surface area contributed by atoms with Crippen molar-refractivity contribution in [2.24, 2.45) is 0 Å². The van der Waals surface area contributed by atoms with E-state index < -0.39 is 0 Å². The average Bonchev–Trinajstić information content (AvgIpc) is 2.45. The van der Waals surface area contributed by atoms with E-state index in [2.05, 4.69) is 6.07 Å². The molecule has 2 aromatic carbocycles. The molecule has 0 aliphatic heterocycles. The maximum Gasteiger partial charge on any atom is 0.102 e. The van der Waals surface area contributed by atoms with Gasteiger partial charge in [-0.3, -0.25) is 0 Å². The molecule has 3 heteroatoms. The Kier molecular flexibility index (Phi) is 4.02. The van der Waals surface area contributed by atoms with Crippen molar-refractivity contribution in [2.45, 2.75) is 10.6 Å². The maximum atomic E-state index is 9.11. The van der Waals surface area contributed by atoms with Crippen molar-refractivity contribution in [3.8, 4) is 12.1 Å². The summed E-state index contributed by atoms with van der Waals surface area (Å²) in [5.74, 6) is 0.796. The molecule has 2 aromatic rings. The van der Waals surface area contributed by atoms with Crippen molar-refractivity contribution in [1.82, 2.24) is 0 Å². The summed E-state index contributed by atoms with van der Waals surface area (Å²) in [4.78, 5) is 0.861. The van der Waals surface area contributed by atoms with Gasteiger partial charge in [0.2, 0.25) is 0 Å². The smallest absolute Gasteiger partial charge is 0.102 e. The minimum Gasteiger partial charge on any atom is -0.192 e. The zero-order chi connectivity index (χ0) is 12.8. The monoisotopic (exact) mass is 250 g/mol. The molecule has 0 aliphatic carbocycles. The Hall–Kier alpha value is -2.23. The van der Waals surface area contributed by atoms with Crippen LogP contribution < -0.4 is 0 Å². The third kappa shape index (κ3) is 2.71. The Balaban J connectivity index is 2.21. The molecule has 0 atom stereocenters. The number of thioether (sulfide) groups is 1. The molecule has 0 spiro atoms. The second-order valence-corrected chi connectivity index (χ2v) is 4.69. The van der Waals surface area contributed by atoms with E-state index in [9.17, 15) is 0 Å². The van der Waals surface area contributed by atoms with Gasteiger partial charge < -0.3 is 0 Å². The maximum absolute atomic E-state index is 9.11. The van der Waals surface area contributed by atoms with Crippen molar-refractivity contribution < 1.29 is 0 Å². The first-order valence-electron chi connectivity index (χ1n) is 5.45. The van der Waals surface area contributed by atoms with Crippen LogP contribution in [0.3, 0.4) is 0 Å². The van der Waals surface area contributed by atoms with Gasteiger partial charge in [0.25, 0.3) is 0 Å². The fraction of sp³-hybridized carbons (Fsp3) is 0.0667. The summed E-state index contributed by atoms with van der Waals surface area (Å²) in [7, 11) is 0. The lowest BCUT2D eigenvalue weighted by Gasteiger charge is -2.05. The van der Waals surface area contributed by atoms with Crippen molar-refractivity contribution in [1.29, 1.82) is 10.5 Å². The molecule has 0 unspecified atom stereocenters. The Bertz CT molecular complexity index is 621. The van der Waals surface area contributed by atoms with Crippen LogP contribution in [0.5, 0.6) is 0 Å². The molecule has 0 bridgehead atoms. The first kappa shape index (κ1) is 12.2. The largest absolute Gasteiger partial charge is 0.192 e. The molecule has 0 aromatic heterocycles. The van der Waals surface area contributed by atoms with Crippen molar-refractivity contribution in [3.05, 3.63) is 65.2 Å². The SMILES string of the molecule is N#Cc1cccc(SCc2ccccc2)c1C#N. The van der Waals surface area contributed by atoms with E-state index in [0.29, 0.717) is 11.1 Å².